The molecule has 4 atom stereocenters. The Balaban J connectivity index is 1.64. The Morgan fingerprint density at radius 1 is 1.32 bits per heavy atom. The van der Waals surface area contributed by atoms with Gasteiger partial charge in [0.05, 0.1) is 14.2 Å². The summed E-state index contributed by atoms with van der Waals surface area (Å²) in [4.78, 5) is 26.9. The minimum absolute atomic E-state index is 0.0473. The van der Waals surface area contributed by atoms with Crippen molar-refractivity contribution in [3.8, 4) is 5.75 Å². The number of fused-ring (bicyclic) bond motifs is 1. The number of ether oxygens (including phenoxy) is 2. The van der Waals surface area contributed by atoms with Crippen molar-refractivity contribution in [1.82, 2.24) is 4.90 Å². The SMILES string of the molecule is COC(=O)[C@@]12CC[C@H]3[C@@H](C(=O)N1Cc1ccc(OC)cc1)[C@H]32. The number of hydrogen-bond donors (Lipinski definition) is 0. The van der Waals surface area contributed by atoms with Crippen molar-refractivity contribution in [2.24, 2.45) is 17.8 Å². The molecule has 2 saturated carbocycles. The number of hydrogen-bond acceptors (Lipinski definition) is 4. The number of piperidine rings is 1. The van der Waals surface area contributed by atoms with Gasteiger partial charge in [-0.3, -0.25) is 4.79 Å². The van der Waals surface area contributed by atoms with E-state index in [2.05, 4.69) is 0 Å². The highest BCUT2D eigenvalue weighted by atomic mass is 16.5. The third kappa shape index (κ3) is 1.54. The molecule has 1 aliphatic heterocycles. The number of rotatable bonds is 4. The van der Waals surface area contributed by atoms with Crippen LogP contribution in [-0.4, -0.2) is 36.5 Å². The smallest absolute Gasteiger partial charge is 0.332 e. The summed E-state index contributed by atoms with van der Waals surface area (Å²) < 4.78 is 10.2. The first-order chi connectivity index (χ1) is 10.6. The van der Waals surface area contributed by atoms with Crippen LogP contribution in [0.2, 0.25) is 0 Å². The number of amides is 1. The molecule has 0 spiro atoms. The van der Waals surface area contributed by atoms with Crippen LogP contribution in [0.5, 0.6) is 5.75 Å². The van der Waals surface area contributed by atoms with Crippen molar-refractivity contribution in [1.29, 1.82) is 0 Å². The number of likely N-dealkylation sites (tertiary alicyclic amines) is 1. The van der Waals surface area contributed by atoms with E-state index in [0.29, 0.717) is 12.5 Å². The average Bonchev–Trinajstić information content (AvgIpc) is 3.11. The van der Waals surface area contributed by atoms with E-state index in [1.165, 1.54) is 7.11 Å². The minimum atomic E-state index is -0.721. The van der Waals surface area contributed by atoms with Gasteiger partial charge in [-0.15, -0.1) is 0 Å². The Hall–Kier alpha value is -2.04. The molecule has 3 aliphatic rings. The van der Waals surface area contributed by atoms with Crippen LogP contribution in [0.3, 0.4) is 0 Å². The zero-order valence-corrected chi connectivity index (χ0v) is 12.7. The van der Waals surface area contributed by atoms with E-state index in [4.69, 9.17) is 9.47 Å². The summed E-state index contributed by atoms with van der Waals surface area (Å²) in [5.41, 5.74) is 0.281. The second-order valence-corrected chi connectivity index (χ2v) is 6.44. The lowest BCUT2D eigenvalue weighted by Crippen LogP contribution is -2.53. The van der Waals surface area contributed by atoms with Gasteiger partial charge < -0.3 is 14.4 Å². The number of esters is 1. The summed E-state index contributed by atoms with van der Waals surface area (Å²) in [6, 6.07) is 7.62. The van der Waals surface area contributed by atoms with Crippen LogP contribution in [0, 0.1) is 17.8 Å². The summed E-state index contributed by atoms with van der Waals surface area (Å²) in [6.45, 7) is 0.456. The van der Waals surface area contributed by atoms with Crippen LogP contribution in [0.1, 0.15) is 18.4 Å². The maximum Gasteiger partial charge on any atom is 0.332 e. The predicted molar refractivity (Wildman–Crippen MR) is 78.0 cm³/mol. The fourth-order valence-electron chi connectivity index (χ4n) is 4.62. The highest BCUT2D eigenvalue weighted by Gasteiger charge is 2.79. The molecule has 5 nitrogen and oxygen atoms in total. The molecule has 4 rings (SSSR count). The van der Waals surface area contributed by atoms with Gasteiger partial charge in [-0.1, -0.05) is 12.1 Å². The number of nitrogens with zero attached hydrogens (tertiary/aromatic N) is 1. The predicted octanol–water partition coefficient (Wildman–Crippen LogP) is 1.61. The van der Waals surface area contributed by atoms with Crippen molar-refractivity contribution in [3.05, 3.63) is 29.8 Å². The van der Waals surface area contributed by atoms with Crippen molar-refractivity contribution < 1.29 is 19.1 Å². The lowest BCUT2D eigenvalue weighted by molar-refractivity contribution is -0.159. The molecule has 2 aliphatic carbocycles. The summed E-state index contributed by atoms with van der Waals surface area (Å²) in [5, 5.41) is 0. The summed E-state index contributed by atoms with van der Waals surface area (Å²) in [6.07, 6.45) is 1.68. The maximum absolute atomic E-state index is 12.7. The first-order valence-corrected chi connectivity index (χ1v) is 7.66. The standard InChI is InChI=1S/C17H19NO4/c1-21-11-5-3-10(4-6-11)9-18-15(19)13-12-7-8-17(18,14(12)13)16(20)22-2/h3-6,12-14H,7-9H2,1-2H3/t12-,13+,14-,17-/m0/s1. The van der Waals surface area contributed by atoms with Gasteiger partial charge in [0, 0.05) is 18.4 Å². The molecule has 0 radical (unpaired) electrons. The summed E-state index contributed by atoms with van der Waals surface area (Å²) in [5.74, 6) is 1.27. The van der Waals surface area contributed by atoms with Gasteiger partial charge >= 0.3 is 5.97 Å². The van der Waals surface area contributed by atoms with Gasteiger partial charge in [-0.25, -0.2) is 4.79 Å². The Bertz CT molecular complexity index is 641. The zero-order valence-electron chi connectivity index (χ0n) is 12.7. The average molecular weight is 301 g/mol. The monoisotopic (exact) mass is 301 g/mol. The zero-order chi connectivity index (χ0) is 15.5. The van der Waals surface area contributed by atoms with Gasteiger partial charge in [0.25, 0.3) is 0 Å². The Kier molecular flexibility index (Phi) is 2.77. The first-order valence-electron chi connectivity index (χ1n) is 7.66. The lowest BCUT2D eigenvalue weighted by Gasteiger charge is -2.35. The van der Waals surface area contributed by atoms with Crippen LogP contribution in [0.25, 0.3) is 0 Å². The van der Waals surface area contributed by atoms with E-state index >= 15 is 0 Å². The molecule has 0 N–H and O–H groups in total. The van der Waals surface area contributed by atoms with Gasteiger partial charge in [0.1, 0.15) is 11.3 Å². The number of carbonyl (C=O) groups is 2. The van der Waals surface area contributed by atoms with E-state index in [-0.39, 0.29) is 23.7 Å². The Labute approximate surface area is 129 Å². The van der Waals surface area contributed by atoms with Gasteiger partial charge in [0.2, 0.25) is 5.91 Å². The molecule has 0 bridgehead atoms. The van der Waals surface area contributed by atoms with Gasteiger partial charge in [-0.05, 0) is 36.5 Å². The highest BCUT2D eigenvalue weighted by Crippen LogP contribution is 2.70. The van der Waals surface area contributed by atoms with Crippen molar-refractivity contribution in [2.75, 3.05) is 14.2 Å². The molecule has 5 heteroatoms. The topological polar surface area (TPSA) is 55.8 Å². The quantitative estimate of drug-likeness (QED) is 0.793. The highest BCUT2D eigenvalue weighted by molar-refractivity contribution is 5.98. The van der Waals surface area contributed by atoms with Crippen LogP contribution in [0.4, 0.5) is 0 Å². The minimum Gasteiger partial charge on any atom is -0.497 e. The second kappa shape index (κ2) is 4.48. The molecule has 1 heterocycles. The molecule has 1 aromatic carbocycles. The van der Waals surface area contributed by atoms with E-state index in [9.17, 15) is 9.59 Å². The molecule has 1 aromatic rings. The first kappa shape index (κ1) is 13.6. The van der Waals surface area contributed by atoms with Crippen molar-refractivity contribution in [3.63, 3.8) is 0 Å². The molecule has 1 amide bonds. The molecule has 22 heavy (non-hydrogen) atoms. The largest absolute Gasteiger partial charge is 0.497 e. The number of benzene rings is 1. The van der Waals surface area contributed by atoms with Crippen LogP contribution in [-0.2, 0) is 20.9 Å². The maximum atomic E-state index is 12.7. The summed E-state index contributed by atoms with van der Waals surface area (Å²) >= 11 is 0. The number of carbonyl (C=O) groups excluding carboxylic acids is 2. The van der Waals surface area contributed by atoms with Crippen molar-refractivity contribution >= 4 is 11.9 Å². The third-order valence-corrected chi connectivity index (χ3v) is 5.65. The third-order valence-electron chi connectivity index (χ3n) is 5.65. The molecular formula is C17H19NO4. The fraction of sp³-hybridized carbons (Fsp3) is 0.529. The van der Waals surface area contributed by atoms with Gasteiger partial charge in [0.15, 0.2) is 0 Å². The molecular weight excluding hydrogens is 282 g/mol. The molecule has 1 saturated heterocycles. The molecule has 0 unspecified atom stereocenters. The molecule has 0 aromatic heterocycles. The van der Waals surface area contributed by atoms with Gasteiger partial charge in [-0.2, -0.15) is 0 Å². The van der Waals surface area contributed by atoms with Crippen LogP contribution < -0.4 is 4.74 Å². The second-order valence-electron chi connectivity index (χ2n) is 6.44. The molecule has 116 valence electrons. The van der Waals surface area contributed by atoms with E-state index in [1.807, 2.05) is 24.3 Å². The van der Waals surface area contributed by atoms with Crippen molar-refractivity contribution in [2.45, 2.75) is 24.9 Å². The van der Waals surface area contributed by atoms with E-state index in [1.54, 1.807) is 12.0 Å². The van der Waals surface area contributed by atoms with E-state index in [0.717, 1.165) is 24.2 Å². The van der Waals surface area contributed by atoms with E-state index < -0.39 is 5.54 Å². The lowest BCUT2D eigenvalue weighted by atomic mass is 9.92. The fourth-order valence-corrected chi connectivity index (χ4v) is 4.62. The summed E-state index contributed by atoms with van der Waals surface area (Å²) in [7, 11) is 3.04. The molecule has 3 fully saturated rings. The van der Waals surface area contributed by atoms with Crippen LogP contribution >= 0.6 is 0 Å². The van der Waals surface area contributed by atoms with Crippen LogP contribution in [0.15, 0.2) is 24.3 Å². The Morgan fingerprint density at radius 2 is 2.05 bits per heavy atom. The Morgan fingerprint density at radius 3 is 2.68 bits per heavy atom. The number of methoxy groups -OCH3 is 2. The normalized spacial score (nSPS) is 34.5.